The number of rotatable bonds is 13. The number of alkyl halides is 3. The van der Waals surface area contributed by atoms with Crippen LogP contribution in [0, 0.1) is 12.7 Å². The third-order valence-electron chi connectivity index (χ3n) is 7.71. The van der Waals surface area contributed by atoms with Gasteiger partial charge in [-0.1, -0.05) is 74.0 Å². The number of amides is 1. The van der Waals surface area contributed by atoms with Gasteiger partial charge < -0.3 is 14.4 Å². The maximum Gasteiger partial charge on any atom is 0.416 e. The topological polar surface area (TPSA) is 58.4 Å². The maximum absolute atomic E-state index is 14.7. The van der Waals surface area contributed by atoms with Crippen LogP contribution < -0.4 is 5.56 Å². The summed E-state index contributed by atoms with van der Waals surface area (Å²) < 4.78 is 153. The number of nitrogens with zero attached hydrogens (tertiary/aromatic N) is 4. The lowest BCUT2D eigenvalue weighted by Gasteiger charge is -2.28. The fraction of sp³-hybridized carbons (Fsp3) is 0.378. The molecular formula is C37H40F4N4O2S. The van der Waals surface area contributed by atoms with Gasteiger partial charge in [0.1, 0.15) is 12.4 Å². The third-order valence-corrected chi connectivity index (χ3v) is 8.76. The normalized spacial score (nSPS) is 16.7. The minimum atomic E-state index is -5.12. The van der Waals surface area contributed by atoms with Crippen molar-refractivity contribution in [2.24, 2.45) is 0 Å². The van der Waals surface area contributed by atoms with E-state index in [0.29, 0.717) is 41.0 Å². The molecule has 1 aromatic heterocycles. The van der Waals surface area contributed by atoms with Crippen LogP contribution in [0.4, 0.5) is 17.6 Å². The van der Waals surface area contributed by atoms with E-state index in [4.69, 9.17) is 12.3 Å². The Kier molecular flexibility index (Phi) is 7.56. The van der Waals surface area contributed by atoms with Gasteiger partial charge in [0.2, 0.25) is 5.91 Å². The Bertz CT molecular complexity index is 2300. The van der Waals surface area contributed by atoms with Crippen LogP contribution in [0.3, 0.4) is 0 Å². The lowest BCUT2D eigenvalue weighted by molar-refractivity contribution is -0.138. The second kappa shape index (κ2) is 15.5. The minimum absolute atomic E-state index is 0.0162. The van der Waals surface area contributed by atoms with E-state index in [9.17, 15) is 29.9 Å². The fourth-order valence-electron chi connectivity index (χ4n) is 5.12. The molecule has 0 saturated carbocycles. The number of carbonyl (C=O) groups is 1. The summed E-state index contributed by atoms with van der Waals surface area (Å²) in [6.45, 7) is -3.99. The van der Waals surface area contributed by atoms with Gasteiger partial charge in [0, 0.05) is 39.3 Å². The molecule has 0 spiro atoms. The van der Waals surface area contributed by atoms with Crippen molar-refractivity contribution in [3.05, 3.63) is 116 Å². The van der Waals surface area contributed by atoms with Gasteiger partial charge in [-0.3, -0.25) is 9.59 Å². The van der Waals surface area contributed by atoms with Crippen LogP contribution in [0.1, 0.15) is 68.9 Å². The van der Waals surface area contributed by atoms with Crippen LogP contribution >= 0.6 is 11.8 Å². The van der Waals surface area contributed by atoms with E-state index in [1.54, 1.807) is 13.8 Å². The Morgan fingerprint density at radius 3 is 2.35 bits per heavy atom. The first-order valence-corrected chi connectivity index (χ1v) is 16.2. The van der Waals surface area contributed by atoms with Gasteiger partial charge in [-0.05, 0) is 85.3 Å². The number of thioether (sulfide) groups is 1. The molecular weight excluding hydrogens is 640 g/mol. The SMILES string of the molecule is [2H]c1c([2H])c(-c2c([2H])c([2H])c(C(F)(F)F)c(C)c2[2H])c([2H])c([2H])c1CN(C(=O)Cn1c(SCc2ccc(F)cc2)nc(=O)c2c1CCC2)C([2H])([2H])C([2H])([2H])N(CC)CC. The van der Waals surface area contributed by atoms with Crippen molar-refractivity contribution in [2.75, 3.05) is 26.1 Å². The monoisotopic (exact) mass is 691 g/mol. The highest BCUT2D eigenvalue weighted by Crippen LogP contribution is 2.34. The Morgan fingerprint density at radius 2 is 1.69 bits per heavy atom. The molecule has 3 aromatic carbocycles. The summed E-state index contributed by atoms with van der Waals surface area (Å²) in [5.74, 6) is -1.38. The number of fused-ring (bicyclic) bond motifs is 1. The molecule has 1 aliphatic rings. The zero-order chi connectivity index (χ0) is 44.1. The largest absolute Gasteiger partial charge is 0.416 e. The molecule has 4 aromatic rings. The summed E-state index contributed by atoms with van der Waals surface area (Å²) in [4.78, 5) is 33.5. The molecule has 254 valence electrons. The number of hydrogen-bond donors (Lipinski definition) is 0. The molecule has 0 radical (unpaired) electrons. The molecule has 0 bridgehead atoms. The number of hydrogen-bond acceptors (Lipinski definition) is 5. The number of benzene rings is 3. The van der Waals surface area contributed by atoms with Crippen molar-refractivity contribution in [3.63, 3.8) is 0 Å². The molecule has 0 N–H and O–H groups in total. The lowest BCUT2D eigenvalue weighted by atomic mass is 9.98. The van der Waals surface area contributed by atoms with Crippen LogP contribution in [0.25, 0.3) is 11.1 Å². The van der Waals surface area contributed by atoms with Gasteiger partial charge in [-0.25, -0.2) is 4.39 Å². The summed E-state index contributed by atoms with van der Waals surface area (Å²) in [6, 6.07) is -1.66. The predicted molar refractivity (Wildman–Crippen MR) is 181 cm³/mol. The van der Waals surface area contributed by atoms with Crippen LogP contribution in [-0.4, -0.2) is 51.3 Å². The molecule has 0 saturated heterocycles. The molecule has 48 heavy (non-hydrogen) atoms. The first-order valence-electron chi connectivity index (χ1n) is 20.7. The molecule has 5 rings (SSSR count). The van der Waals surface area contributed by atoms with Crippen molar-refractivity contribution < 1.29 is 37.4 Å². The van der Waals surface area contributed by atoms with Gasteiger partial charge >= 0.3 is 6.18 Å². The molecule has 1 amide bonds. The van der Waals surface area contributed by atoms with Gasteiger partial charge in [-0.2, -0.15) is 18.2 Å². The third kappa shape index (κ3) is 8.54. The van der Waals surface area contributed by atoms with E-state index in [1.807, 2.05) is 0 Å². The van der Waals surface area contributed by atoms with Crippen molar-refractivity contribution in [2.45, 2.75) is 70.2 Å². The summed E-state index contributed by atoms with van der Waals surface area (Å²) in [6.07, 6.45) is -3.89. The van der Waals surface area contributed by atoms with Gasteiger partial charge in [0.15, 0.2) is 5.16 Å². The van der Waals surface area contributed by atoms with Crippen molar-refractivity contribution >= 4 is 17.7 Å². The van der Waals surface area contributed by atoms with E-state index in [2.05, 4.69) is 4.98 Å². The smallest absolute Gasteiger partial charge is 0.336 e. The van der Waals surface area contributed by atoms with E-state index < -0.39 is 120 Å². The zero-order valence-electron chi connectivity index (χ0n) is 37.5. The highest BCUT2D eigenvalue weighted by atomic mass is 32.2. The standard InChI is InChI=1S/C37H40F4N4O2S/c1-4-43(5-2)19-20-44(22-26-9-13-28(14-10-26)29-15-18-32(25(3)21-29)37(39,40)41)34(46)23-45-33-8-6-7-31(33)35(47)42-36(45)48-24-27-11-16-30(38)17-12-27/h9-18,21H,4-8,19-20,22-24H2,1-3H3/i9D,10D,13D,14D,15D,18D,19D2,20D2,21D. The predicted octanol–water partition coefficient (Wildman–Crippen LogP) is 7.53. The number of carbonyl (C=O) groups excluding carboxylic acids is 1. The van der Waals surface area contributed by atoms with Gasteiger partial charge in [0.05, 0.1) is 17.9 Å². The lowest BCUT2D eigenvalue weighted by Crippen LogP contribution is -2.40. The molecule has 0 atom stereocenters. The molecule has 0 aliphatic heterocycles. The van der Waals surface area contributed by atoms with Gasteiger partial charge in [-0.15, -0.1) is 0 Å². The Hall–Kier alpha value is -3.96. The Labute approximate surface area is 298 Å². The summed E-state index contributed by atoms with van der Waals surface area (Å²) in [5, 5.41) is 0.0622. The highest BCUT2D eigenvalue weighted by molar-refractivity contribution is 7.98. The van der Waals surface area contributed by atoms with Crippen LogP contribution in [0.5, 0.6) is 0 Å². The molecule has 6 nitrogen and oxygen atoms in total. The second-order valence-corrected chi connectivity index (χ2v) is 11.9. The maximum atomic E-state index is 14.7. The molecule has 11 heteroatoms. The summed E-state index contributed by atoms with van der Waals surface area (Å²) in [7, 11) is 0. The average Bonchev–Trinajstić information content (AvgIpc) is 3.66. The number of aromatic nitrogens is 2. The Morgan fingerprint density at radius 1 is 1.00 bits per heavy atom. The fourth-order valence-corrected chi connectivity index (χ4v) is 6.09. The molecule has 0 fully saturated rings. The van der Waals surface area contributed by atoms with E-state index in [0.717, 1.165) is 23.6 Å². The van der Waals surface area contributed by atoms with Crippen molar-refractivity contribution in [3.8, 4) is 11.1 Å². The minimum Gasteiger partial charge on any atom is -0.336 e. The number of likely N-dealkylation sites (N-methyl/N-ethyl adjacent to an activating group) is 1. The Balaban J connectivity index is 1.67. The molecule has 0 unspecified atom stereocenters. The first kappa shape index (κ1) is 23.4. The molecule has 1 aliphatic carbocycles. The number of halogens is 4. The van der Waals surface area contributed by atoms with E-state index in [1.165, 1.54) is 28.8 Å². The van der Waals surface area contributed by atoms with Crippen molar-refractivity contribution in [1.82, 2.24) is 19.4 Å². The molecule has 1 heterocycles. The highest BCUT2D eigenvalue weighted by Gasteiger charge is 2.32. The zero-order valence-corrected chi connectivity index (χ0v) is 27.3. The first-order chi connectivity index (χ1) is 27.4. The van der Waals surface area contributed by atoms with E-state index in [-0.39, 0.29) is 24.0 Å². The summed E-state index contributed by atoms with van der Waals surface area (Å²) in [5.41, 5.74) is -3.58. The summed E-state index contributed by atoms with van der Waals surface area (Å²) >= 11 is 1.05. The van der Waals surface area contributed by atoms with Crippen LogP contribution in [0.2, 0.25) is 0 Å². The van der Waals surface area contributed by atoms with Crippen LogP contribution in [0.15, 0.2) is 76.5 Å². The second-order valence-electron chi connectivity index (χ2n) is 11.0. The van der Waals surface area contributed by atoms with Crippen LogP contribution in [-0.2, 0) is 42.7 Å². The quantitative estimate of drug-likeness (QED) is 0.0825. The van der Waals surface area contributed by atoms with Gasteiger partial charge in [0.25, 0.3) is 5.56 Å². The van der Waals surface area contributed by atoms with E-state index >= 15 is 0 Å². The average molecular weight is 692 g/mol. The van der Waals surface area contributed by atoms with Crippen molar-refractivity contribution in [1.29, 1.82) is 0 Å².